The lowest BCUT2D eigenvalue weighted by Gasteiger charge is -2.13. The highest BCUT2D eigenvalue weighted by molar-refractivity contribution is 7.71. The summed E-state index contributed by atoms with van der Waals surface area (Å²) in [6.07, 6.45) is 0. The number of rotatable bonds is 4. The molecule has 18 heavy (non-hydrogen) atoms. The Balaban J connectivity index is 2.63. The Morgan fingerprint density at radius 1 is 0.889 bits per heavy atom. The van der Waals surface area contributed by atoms with Crippen molar-refractivity contribution in [1.29, 1.82) is 0 Å². The first-order valence-corrected chi connectivity index (χ1v) is 6.39. The quantitative estimate of drug-likeness (QED) is 0.788. The highest BCUT2D eigenvalue weighted by Gasteiger charge is 2.10. The molecule has 0 amide bonds. The number of hydrogen-bond donors (Lipinski definition) is 0. The van der Waals surface area contributed by atoms with Crippen molar-refractivity contribution in [2.45, 2.75) is 13.3 Å². The molecular formula is C13H20N4S. The summed E-state index contributed by atoms with van der Waals surface area (Å²) in [7, 11) is 8.22. The van der Waals surface area contributed by atoms with Gasteiger partial charge in [-0.25, -0.2) is 0 Å². The molecule has 1 heterocycles. The molecule has 1 aromatic carbocycles. The van der Waals surface area contributed by atoms with Crippen molar-refractivity contribution in [1.82, 2.24) is 18.9 Å². The molecule has 0 saturated carbocycles. The van der Waals surface area contributed by atoms with Crippen molar-refractivity contribution in [2.24, 2.45) is 0 Å². The first kappa shape index (κ1) is 13.3. The number of para-hydroxylation sites is 2. The summed E-state index contributed by atoms with van der Waals surface area (Å²) in [5.41, 5.74) is 2.39. The Morgan fingerprint density at radius 3 is 1.61 bits per heavy atom. The molecule has 2 aromatic rings. The number of fused-ring (bicyclic) bond motifs is 1. The molecule has 5 heteroatoms. The van der Waals surface area contributed by atoms with Crippen molar-refractivity contribution in [2.75, 3.05) is 28.2 Å². The Labute approximate surface area is 113 Å². The Bertz CT molecular complexity index is 545. The van der Waals surface area contributed by atoms with Crippen LogP contribution in [0.5, 0.6) is 0 Å². The van der Waals surface area contributed by atoms with Gasteiger partial charge in [-0.15, -0.1) is 0 Å². The van der Waals surface area contributed by atoms with E-state index in [0.717, 1.165) is 18.1 Å². The normalized spacial score (nSPS) is 11.9. The van der Waals surface area contributed by atoms with E-state index < -0.39 is 0 Å². The van der Waals surface area contributed by atoms with E-state index in [1.54, 1.807) is 0 Å². The fraction of sp³-hybridized carbons (Fsp3) is 0.462. The average Bonchev–Trinajstić information content (AvgIpc) is 2.54. The summed E-state index contributed by atoms with van der Waals surface area (Å²) < 4.78 is 5.22. The van der Waals surface area contributed by atoms with E-state index in [-0.39, 0.29) is 0 Å². The van der Waals surface area contributed by atoms with Gasteiger partial charge in [-0.1, -0.05) is 12.1 Å². The number of nitrogens with zero attached hydrogens (tertiary/aromatic N) is 4. The van der Waals surface area contributed by atoms with Crippen LogP contribution in [0.2, 0.25) is 0 Å². The maximum atomic E-state index is 5.60. The van der Waals surface area contributed by atoms with E-state index >= 15 is 0 Å². The predicted octanol–water partition coefficient (Wildman–Crippen LogP) is 2.21. The molecule has 0 spiro atoms. The first-order chi connectivity index (χ1) is 8.50. The van der Waals surface area contributed by atoms with Gasteiger partial charge in [-0.2, -0.15) is 0 Å². The lowest BCUT2D eigenvalue weighted by Crippen LogP contribution is -2.19. The van der Waals surface area contributed by atoms with Crippen molar-refractivity contribution in [3.05, 3.63) is 29.0 Å². The molecule has 2 rings (SSSR count). The van der Waals surface area contributed by atoms with Crippen LogP contribution in [0.15, 0.2) is 24.3 Å². The monoisotopic (exact) mass is 264 g/mol. The molecule has 0 aliphatic carbocycles. The molecule has 0 radical (unpaired) electrons. The van der Waals surface area contributed by atoms with E-state index in [4.69, 9.17) is 12.2 Å². The summed E-state index contributed by atoms with van der Waals surface area (Å²) >= 11 is 5.60. The zero-order valence-corrected chi connectivity index (χ0v) is 12.2. The zero-order chi connectivity index (χ0) is 13.3. The van der Waals surface area contributed by atoms with Gasteiger partial charge >= 0.3 is 0 Å². The van der Waals surface area contributed by atoms with Crippen molar-refractivity contribution >= 4 is 23.3 Å². The Hall–Kier alpha value is -1.17. The molecule has 98 valence electrons. The minimum absolute atomic E-state index is 0.805. The minimum atomic E-state index is 0.805. The van der Waals surface area contributed by atoms with Gasteiger partial charge in [-0.3, -0.25) is 9.80 Å². The molecule has 1 aromatic heterocycles. The minimum Gasteiger partial charge on any atom is -0.303 e. The number of hydrogen-bond acceptors (Lipinski definition) is 3. The van der Waals surface area contributed by atoms with Crippen molar-refractivity contribution < 1.29 is 0 Å². The predicted molar refractivity (Wildman–Crippen MR) is 78.1 cm³/mol. The molecule has 0 saturated heterocycles. The number of imidazole rings is 1. The van der Waals surface area contributed by atoms with Gasteiger partial charge in [0.05, 0.1) is 24.4 Å². The van der Waals surface area contributed by atoms with Crippen LogP contribution in [0, 0.1) is 4.77 Å². The van der Waals surface area contributed by atoms with Gasteiger partial charge in [0.1, 0.15) is 0 Å². The first-order valence-electron chi connectivity index (χ1n) is 5.98. The van der Waals surface area contributed by atoms with Gasteiger partial charge in [0, 0.05) is 0 Å². The fourth-order valence-corrected chi connectivity index (χ4v) is 2.42. The SMILES string of the molecule is CN(C)Cn1c(=S)n(CN(C)C)c2ccccc21. The third kappa shape index (κ3) is 2.48. The number of benzene rings is 1. The summed E-state index contributed by atoms with van der Waals surface area (Å²) in [5, 5.41) is 0. The standard InChI is InChI=1S/C13H20N4S/c1-14(2)9-16-11-7-5-6-8-12(11)17(13(16)18)10-15(3)4/h5-8H,9-10H2,1-4H3. The van der Waals surface area contributed by atoms with E-state index in [0.29, 0.717) is 0 Å². The Kier molecular flexibility index (Phi) is 3.85. The van der Waals surface area contributed by atoms with Crippen LogP contribution in [-0.4, -0.2) is 47.1 Å². The fourth-order valence-electron chi connectivity index (χ4n) is 2.11. The van der Waals surface area contributed by atoms with E-state index in [9.17, 15) is 0 Å². The maximum Gasteiger partial charge on any atom is 0.183 e. The summed E-state index contributed by atoms with van der Waals surface area (Å²) in [5.74, 6) is 0. The summed E-state index contributed by atoms with van der Waals surface area (Å²) in [6, 6.07) is 8.37. The smallest absolute Gasteiger partial charge is 0.183 e. The number of aromatic nitrogens is 2. The van der Waals surface area contributed by atoms with Crippen LogP contribution >= 0.6 is 12.2 Å². The second kappa shape index (κ2) is 5.22. The Morgan fingerprint density at radius 2 is 1.28 bits per heavy atom. The summed E-state index contributed by atoms with van der Waals surface area (Å²) in [4.78, 5) is 4.25. The van der Waals surface area contributed by atoms with Gasteiger partial charge in [-0.05, 0) is 52.5 Å². The van der Waals surface area contributed by atoms with Crippen LogP contribution in [0.1, 0.15) is 0 Å². The van der Waals surface area contributed by atoms with Gasteiger partial charge in [0.2, 0.25) is 0 Å². The molecule has 0 bridgehead atoms. The molecule has 0 aliphatic heterocycles. The van der Waals surface area contributed by atoms with E-state index in [2.05, 4.69) is 71.4 Å². The van der Waals surface area contributed by atoms with Crippen LogP contribution in [0.4, 0.5) is 0 Å². The molecule has 0 aliphatic rings. The third-order valence-electron chi connectivity index (χ3n) is 2.77. The molecule has 0 atom stereocenters. The molecule has 0 N–H and O–H groups in total. The van der Waals surface area contributed by atoms with Crippen LogP contribution in [-0.2, 0) is 13.3 Å². The highest BCUT2D eigenvalue weighted by atomic mass is 32.1. The van der Waals surface area contributed by atoms with E-state index in [1.807, 2.05) is 0 Å². The van der Waals surface area contributed by atoms with Crippen molar-refractivity contribution in [3.8, 4) is 0 Å². The molecule has 4 nitrogen and oxygen atoms in total. The third-order valence-corrected chi connectivity index (χ3v) is 3.21. The van der Waals surface area contributed by atoms with Gasteiger partial charge in [0.15, 0.2) is 4.77 Å². The maximum absolute atomic E-state index is 5.60. The summed E-state index contributed by atoms with van der Waals surface area (Å²) in [6.45, 7) is 1.61. The van der Waals surface area contributed by atoms with Crippen LogP contribution < -0.4 is 0 Å². The van der Waals surface area contributed by atoms with Gasteiger partial charge in [0.25, 0.3) is 0 Å². The molecule has 0 fully saturated rings. The second-order valence-corrected chi connectivity index (χ2v) is 5.43. The second-order valence-electron chi connectivity index (χ2n) is 5.07. The van der Waals surface area contributed by atoms with Gasteiger partial charge < -0.3 is 9.13 Å². The zero-order valence-electron chi connectivity index (χ0n) is 11.4. The lowest BCUT2D eigenvalue weighted by atomic mass is 10.3. The van der Waals surface area contributed by atoms with Crippen molar-refractivity contribution in [3.63, 3.8) is 0 Å². The highest BCUT2D eigenvalue weighted by Crippen LogP contribution is 2.18. The average molecular weight is 264 g/mol. The van der Waals surface area contributed by atoms with Crippen LogP contribution in [0.3, 0.4) is 0 Å². The lowest BCUT2D eigenvalue weighted by molar-refractivity contribution is 0.309. The topological polar surface area (TPSA) is 16.3 Å². The van der Waals surface area contributed by atoms with E-state index in [1.165, 1.54) is 11.0 Å². The molecular weight excluding hydrogens is 244 g/mol. The largest absolute Gasteiger partial charge is 0.303 e. The van der Waals surface area contributed by atoms with Crippen LogP contribution in [0.25, 0.3) is 11.0 Å². The molecule has 0 unspecified atom stereocenters.